The van der Waals surface area contributed by atoms with Gasteiger partial charge in [-0.15, -0.1) is 0 Å². The van der Waals surface area contributed by atoms with Gasteiger partial charge < -0.3 is 10.1 Å². The normalized spacial score (nSPS) is 10.1. The van der Waals surface area contributed by atoms with Crippen LogP contribution in [-0.4, -0.2) is 26.5 Å². The van der Waals surface area contributed by atoms with Crippen molar-refractivity contribution in [3.8, 4) is 5.75 Å². The molecule has 0 radical (unpaired) electrons. The van der Waals surface area contributed by atoms with E-state index in [0.29, 0.717) is 0 Å². The molecule has 1 aromatic rings. The fourth-order valence-electron chi connectivity index (χ4n) is 1.20. The summed E-state index contributed by atoms with van der Waals surface area (Å²) in [6.07, 6.45) is 0. The molecule has 82 valence electrons. The molecule has 0 spiro atoms. The summed E-state index contributed by atoms with van der Waals surface area (Å²) in [4.78, 5) is 11.4. The van der Waals surface area contributed by atoms with E-state index in [1.165, 1.54) is 14.2 Å². The maximum Gasteiger partial charge on any atom is 0.182 e. The molecule has 0 saturated heterocycles. The van der Waals surface area contributed by atoms with Crippen LogP contribution in [0.15, 0.2) is 12.1 Å². The van der Waals surface area contributed by atoms with Crippen LogP contribution in [0.5, 0.6) is 5.75 Å². The van der Waals surface area contributed by atoms with Gasteiger partial charge in [0.2, 0.25) is 0 Å². The van der Waals surface area contributed by atoms with Crippen LogP contribution in [0, 0.1) is 11.6 Å². The van der Waals surface area contributed by atoms with Gasteiger partial charge in [0.15, 0.2) is 17.3 Å². The van der Waals surface area contributed by atoms with E-state index in [1.807, 2.05) is 0 Å². The lowest BCUT2D eigenvalue weighted by Gasteiger charge is -2.07. The number of carbonyl (C=O) groups is 1. The average Bonchev–Trinajstić information content (AvgIpc) is 2.18. The summed E-state index contributed by atoms with van der Waals surface area (Å²) in [5, 5.41) is 2.53. The number of carbonyl (C=O) groups excluding carboxylic acids is 1. The van der Waals surface area contributed by atoms with Crippen LogP contribution in [0.3, 0.4) is 0 Å². The van der Waals surface area contributed by atoms with Crippen LogP contribution < -0.4 is 10.1 Å². The largest absolute Gasteiger partial charge is 0.494 e. The maximum atomic E-state index is 13.5. The Hall–Kier alpha value is -1.49. The third-order valence-corrected chi connectivity index (χ3v) is 1.89. The summed E-state index contributed by atoms with van der Waals surface area (Å²) < 4.78 is 31.3. The Morgan fingerprint density at radius 3 is 2.67 bits per heavy atom. The highest BCUT2D eigenvalue weighted by Gasteiger charge is 2.20. The molecular formula is C10H11F2NO2. The summed E-state index contributed by atoms with van der Waals surface area (Å²) in [5.41, 5.74) is -0.566. The predicted octanol–water partition coefficient (Wildman–Crippen LogP) is 1.38. The molecule has 0 bridgehead atoms. The lowest BCUT2D eigenvalue weighted by Crippen LogP contribution is -2.21. The number of methoxy groups -OCH3 is 1. The second kappa shape index (κ2) is 4.84. The zero-order valence-corrected chi connectivity index (χ0v) is 8.43. The summed E-state index contributed by atoms with van der Waals surface area (Å²) in [6, 6.07) is 2.14. The van der Waals surface area contributed by atoms with Gasteiger partial charge in [-0.1, -0.05) is 0 Å². The highest BCUT2D eigenvalue weighted by atomic mass is 19.1. The van der Waals surface area contributed by atoms with Crippen LogP contribution in [0.25, 0.3) is 0 Å². The second-order valence-corrected chi connectivity index (χ2v) is 2.89. The van der Waals surface area contributed by atoms with Gasteiger partial charge in [-0.05, 0) is 19.2 Å². The number of benzene rings is 1. The Morgan fingerprint density at radius 2 is 2.13 bits per heavy atom. The minimum Gasteiger partial charge on any atom is -0.494 e. The SMILES string of the molecule is CNCC(=O)c1c(F)ccc(OC)c1F. The van der Waals surface area contributed by atoms with E-state index in [2.05, 4.69) is 10.1 Å². The maximum absolute atomic E-state index is 13.5. The van der Waals surface area contributed by atoms with Crippen LogP contribution in [0.2, 0.25) is 0 Å². The van der Waals surface area contributed by atoms with Gasteiger partial charge in [0.25, 0.3) is 0 Å². The summed E-state index contributed by atoms with van der Waals surface area (Å²) >= 11 is 0. The molecule has 0 aliphatic heterocycles. The molecule has 0 fully saturated rings. The molecule has 1 N–H and O–H groups in total. The zero-order valence-electron chi connectivity index (χ0n) is 8.43. The van der Waals surface area contributed by atoms with E-state index in [1.54, 1.807) is 0 Å². The Bertz CT molecular complexity index is 380. The van der Waals surface area contributed by atoms with Crippen LogP contribution in [0.4, 0.5) is 8.78 Å². The van der Waals surface area contributed by atoms with Gasteiger partial charge >= 0.3 is 0 Å². The van der Waals surface area contributed by atoms with Crippen molar-refractivity contribution in [2.24, 2.45) is 0 Å². The van der Waals surface area contributed by atoms with Crippen molar-refractivity contribution in [1.29, 1.82) is 0 Å². The summed E-state index contributed by atoms with van der Waals surface area (Å²) in [7, 11) is 2.77. The number of halogens is 2. The number of ether oxygens (including phenoxy) is 1. The third kappa shape index (κ3) is 2.30. The quantitative estimate of drug-likeness (QED) is 0.771. The number of rotatable bonds is 4. The third-order valence-electron chi connectivity index (χ3n) is 1.89. The molecule has 0 unspecified atom stereocenters. The number of ketones is 1. The fraction of sp³-hybridized carbons (Fsp3) is 0.300. The summed E-state index contributed by atoms with van der Waals surface area (Å²) in [5.74, 6) is -2.63. The van der Waals surface area contributed by atoms with Crippen molar-refractivity contribution in [1.82, 2.24) is 5.32 Å². The van der Waals surface area contributed by atoms with E-state index >= 15 is 0 Å². The van der Waals surface area contributed by atoms with Gasteiger partial charge in [-0.3, -0.25) is 4.79 Å². The van der Waals surface area contributed by atoms with Gasteiger partial charge in [0.05, 0.1) is 19.2 Å². The topological polar surface area (TPSA) is 38.3 Å². The molecule has 0 aliphatic rings. The molecule has 3 nitrogen and oxygen atoms in total. The van der Waals surface area contributed by atoms with E-state index in [9.17, 15) is 13.6 Å². The molecule has 0 aromatic heterocycles. The molecule has 0 aliphatic carbocycles. The molecule has 5 heteroatoms. The van der Waals surface area contributed by atoms with Crippen molar-refractivity contribution in [3.63, 3.8) is 0 Å². The summed E-state index contributed by atoms with van der Waals surface area (Å²) in [6.45, 7) is -0.124. The fourth-order valence-corrected chi connectivity index (χ4v) is 1.20. The van der Waals surface area contributed by atoms with E-state index in [0.717, 1.165) is 12.1 Å². The van der Waals surface area contributed by atoms with Gasteiger partial charge in [-0.25, -0.2) is 8.78 Å². The van der Waals surface area contributed by atoms with Crippen molar-refractivity contribution >= 4 is 5.78 Å². The molecule has 0 saturated carbocycles. The number of Topliss-reactive ketones (excluding diaryl/α,β-unsaturated/α-hetero) is 1. The van der Waals surface area contributed by atoms with Crippen molar-refractivity contribution in [3.05, 3.63) is 29.3 Å². The molecule has 0 atom stereocenters. The van der Waals surface area contributed by atoms with Crippen molar-refractivity contribution < 1.29 is 18.3 Å². The molecule has 1 rings (SSSR count). The van der Waals surface area contributed by atoms with Gasteiger partial charge in [0.1, 0.15) is 5.82 Å². The first-order chi connectivity index (χ1) is 7.11. The molecule has 0 amide bonds. The molecule has 1 aromatic carbocycles. The van der Waals surface area contributed by atoms with Crippen molar-refractivity contribution in [2.45, 2.75) is 0 Å². The molecule has 15 heavy (non-hydrogen) atoms. The molecular weight excluding hydrogens is 204 g/mol. The van der Waals surface area contributed by atoms with E-state index in [-0.39, 0.29) is 12.3 Å². The minimum absolute atomic E-state index is 0.124. The first-order valence-electron chi connectivity index (χ1n) is 4.31. The van der Waals surface area contributed by atoms with Gasteiger partial charge in [0, 0.05) is 0 Å². The first kappa shape index (κ1) is 11.6. The minimum atomic E-state index is -0.960. The predicted molar refractivity (Wildman–Crippen MR) is 51.2 cm³/mol. The number of likely N-dealkylation sites (N-methyl/N-ethyl adjacent to an activating group) is 1. The highest BCUT2D eigenvalue weighted by molar-refractivity contribution is 5.98. The van der Waals surface area contributed by atoms with Crippen molar-refractivity contribution in [2.75, 3.05) is 20.7 Å². The Morgan fingerprint density at radius 1 is 1.47 bits per heavy atom. The Labute approximate surface area is 86.0 Å². The van der Waals surface area contributed by atoms with Crippen LogP contribution in [0.1, 0.15) is 10.4 Å². The monoisotopic (exact) mass is 215 g/mol. The number of nitrogens with one attached hydrogen (secondary N) is 1. The Balaban J connectivity index is 3.20. The van der Waals surface area contributed by atoms with Crippen LogP contribution in [-0.2, 0) is 0 Å². The van der Waals surface area contributed by atoms with Gasteiger partial charge in [-0.2, -0.15) is 0 Å². The highest BCUT2D eigenvalue weighted by Crippen LogP contribution is 2.23. The molecule has 0 heterocycles. The second-order valence-electron chi connectivity index (χ2n) is 2.89. The van der Waals surface area contributed by atoms with E-state index < -0.39 is 23.0 Å². The van der Waals surface area contributed by atoms with E-state index in [4.69, 9.17) is 0 Å². The standard InChI is InChI=1S/C10H11F2NO2/c1-13-5-7(14)9-6(11)3-4-8(15-2)10(9)12/h3-4,13H,5H2,1-2H3. The number of hydrogen-bond acceptors (Lipinski definition) is 3. The van der Waals surface area contributed by atoms with Crippen LogP contribution >= 0.6 is 0 Å². The first-order valence-corrected chi connectivity index (χ1v) is 4.31. The Kier molecular flexibility index (Phi) is 3.74. The smallest absolute Gasteiger partial charge is 0.182 e. The lowest BCUT2D eigenvalue weighted by molar-refractivity contribution is 0.0984. The lowest BCUT2D eigenvalue weighted by atomic mass is 10.1. The zero-order chi connectivity index (χ0) is 11.4. The number of hydrogen-bond donors (Lipinski definition) is 1. The average molecular weight is 215 g/mol.